The maximum atomic E-state index is 11.3. The summed E-state index contributed by atoms with van der Waals surface area (Å²) >= 11 is 6.14. The number of halogens is 1. The molecule has 0 N–H and O–H groups in total. The topological polar surface area (TPSA) is 52.7 Å². The third-order valence-electron chi connectivity index (χ3n) is 3.27. The zero-order chi connectivity index (χ0) is 15.0. The van der Waals surface area contributed by atoms with Crippen molar-refractivity contribution in [1.82, 2.24) is 19.6 Å². The van der Waals surface area contributed by atoms with Crippen molar-refractivity contribution in [3.05, 3.63) is 52.9 Å². The van der Waals surface area contributed by atoms with Crippen LogP contribution in [0.25, 0.3) is 16.9 Å². The van der Waals surface area contributed by atoms with Crippen molar-refractivity contribution in [2.24, 2.45) is 7.05 Å². The van der Waals surface area contributed by atoms with Gasteiger partial charge < -0.3 is 0 Å². The molecule has 1 aromatic carbocycles. The predicted octanol–water partition coefficient (Wildman–Crippen LogP) is 3.05. The summed E-state index contributed by atoms with van der Waals surface area (Å²) in [4.78, 5) is 11.3. The molecule has 0 saturated carbocycles. The minimum atomic E-state index is 0.514. The van der Waals surface area contributed by atoms with Crippen LogP contribution in [-0.4, -0.2) is 25.8 Å². The number of hydrogen-bond donors (Lipinski definition) is 0. The third kappa shape index (κ3) is 2.48. The fourth-order valence-corrected chi connectivity index (χ4v) is 2.27. The van der Waals surface area contributed by atoms with Gasteiger partial charge in [-0.15, -0.1) is 0 Å². The number of benzene rings is 1. The Kier molecular flexibility index (Phi) is 3.35. The van der Waals surface area contributed by atoms with E-state index in [0.29, 0.717) is 16.3 Å². The zero-order valence-corrected chi connectivity index (χ0v) is 12.4. The van der Waals surface area contributed by atoms with Crippen LogP contribution in [0.4, 0.5) is 0 Å². The molecule has 0 atom stereocenters. The summed E-state index contributed by atoms with van der Waals surface area (Å²) in [7, 11) is 1.82. The highest BCUT2D eigenvalue weighted by Gasteiger charge is 2.13. The van der Waals surface area contributed by atoms with Crippen LogP contribution in [0, 0.1) is 6.92 Å². The molecule has 106 valence electrons. The Balaban J connectivity index is 2.10. The van der Waals surface area contributed by atoms with E-state index in [2.05, 4.69) is 10.2 Å². The van der Waals surface area contributed by atoms with E-state index in [4.69, 9.17) is 11.6 Å². The lowest BCUT2D eigenvalue weighted by atomic mass is 10.2. The number of carbonyl (C=O) groups excluding carboxylic acids is 1. The van der Waals surface area contributed by atoms with Crippen molar-refractivity contribution in [3.8, 4) is 16.9 Å². The molecule has 0 spiro atoms. The molecular weight excluding hydrogens is 288 g/mol. The number of carbonyl (C=O) groups is 1. The van der Waals surface area contributed by atoms with E-state index >= 15 is 0 Å². The van der Waals surface area contributed by atoms with Gasteiger partial charge in [-0.1, -0.05) is 17.7 Å². The molecule has 0 bridgehead atoms. The average molecular weight is 301 g/mol. The molecule has 3 rings (SSSR count). The molecule has 0 aliphatic carbocycles. The number of aryl methyl sites for hydroxylation is 2. The van der Waals surface area contributed by atoms with Crippen molar-refractivity contribution in [2.45, 2.75) is 6.92 Å². The van der Waals surface area contributed by atoms with Crippen molar-refractivity contribution < 1.29 is 4.79 Å². The number of nitrogens with zero attached hydrogens (tertiary/aromatic N) is 4. The highest BCUT2D eigenvalue weighted by atomic mass is 35.5. The third-order valence-corrected chi connectivity index (χ3v) is 3.67. The van der Waals surface area contributed by atoms with E-state index in [1.165, 1.54) is 0 Å². The highest BCUT2D eigenvalue weighted by molar-refractivity contribution is 6.31. The van der Waals surface area contributed by atoms with Gasteiger partial charge in [0.05, 0.1) is 17.4 Å². The van der Waals surface area contributed by atoms with Gasteiger partial charge in [0.2, 0.25) is 0 Å². The monoisotopic (exact) mass is 300 g/mol. The normalized spacial score (nSPS) is 10.8. The first-order valence-corrected chi connectivity index (χ1v) is 6.76. The van der Waals surface area contributed by atoms with Crippen molar-refractivity contribution in [3.63, 3.8) is 0 Å². The first kappa shape index (κ1) is 13.6. The molecule has 0 radical (unpaired) electrons. The van der Waals surface area contributed by atoms with Gasteiger partial charge in [-0.25, -0.2) is 4.68 Å². The molecule has 2 heterocycles. The summed E-state index contributed by atoms with van der Waals surface area (Å²) in [6.45, 7) is 1.94. The smallest absolute Gasteiger partial charge is 0.153 e. The molecule has 0 aliphatic heterocycles. The van der Waals surface area contributed by atoms with E-state index < -0.39 is 0 Å². The maximum absolute atomic E-state index is 11.3. The molecule has 0 saturated heterocycles. The molecule has 21 heavy (non-hydrogen) atoms. The van der Waals surface area contributed by atoms with Gasteiger partial charge in [-0.2, -0.15) is 10.2 Å². The summed E-state index contributed by atoms with van der Waals surface area (Å²) in [5.41, 5.74) is 3.73. The molecule has 0 amide bonds. The van der Waals surface area contributed by atoms with Gasteiger partial charge in [-0.05, 0) is 24.6 Å². The van der Waals surface area contributed by atoms with Crippen LogP contribution in [-0.2, 0) is 7.05 Å². The van der Waals surface area contributed by atoms with Crippen LogP contribution in [0.15, 0.2) is 36.8 Å². The van der Waals surface area contributed by atoms with Crippen LogP contribution in [0.3, 0.4) is 0 Å². The van der Waals surface area contributed by atoms with E-state index in [1.54, 1.807) is 21.8 Å². The first-order valence-electron chi connectivity index (χ1n) is 6.39. The molecule has 0 unspecified atom stereocenters. The minimum absolute atomic E-state index is 0.514. The quantitative estimate of drug-likeness (QED) is 0.699. The molecule has 2 aromatic heterocycles. The Hall–Kier alpha value is -2.40. The lowest BCUT2D eigenvalue weighted by Crippen LogP contribution is -1.95. The second-order valence-corrected chi connectivity index (χ2v) is 5.24. The molecule has 3 aromatic rings. The Bertz CT molecular complexity index is 819. The van der Waals surface area contributed by atoms with E-state index in [0.717, 1.165) is 23.1 Å². The Morgan fingerprint density at radius 1 is 1.29 bits per heavy atom. The minimum Gasteiger partial charge on any atom is -0.298 e. The second-order valence-electron chi connectivity index (χ2n) is 4.83. The lowest BCUT2D eigenvalue weighted by Gasteiger charge is -2.03. The van der Waals surface area contributed by atoms with Crippen LogP contribution >= 0.6 is 11.6 Å². The molecular formula is C15H13ClN4O. The van der Waals surface area contributed by atoms with Crippen molar-refractivity contribution in [2.75, 3.05) is 0 Å². The number of aldehydes is 1. The van der Waals surface area contributed by atoms with Crippen LogP contribution in [0.1, 0.15) is 15.9 Å². The highest BCUT2D eigenvalue weighted by Crippen LogP contribution is 2.24. The summed E-state index contributed by atoms with van der Waals surface area (Å²) in [6.07, 6.45) is 5.99. The van der Waals surface area contributed by atoms with Gasteiger partial charge in [0.25, 0.3) is 0 Å². The molecule has 0 aliphatic rings. The van der Waals surface area contributed by atoms with Crippen LogP contribution in [0.5, 0.6) is 0 Å². The van der Waals surface area contributed by atoms with Gasteiger partial charge in [-0.3, -0.25) is 9.48 Å². The Labute approximate surface area is 126 Å². The fourth-order valence-electron chi connectivity index (χ4n) is 2.10. The van der Waals surface area contributed by atoms with Crippen molar-refractivity contribution in [1.29, 1.82) is 0 Å². The predicted molar refractivity (Wildman–Crippen MR) is 80.9 cm³/mol. The van der Waals surface area contributed by atoms with Crippen LogP contribution < -0.4 is 0 Å². The van der Waals surface area contributed by atoms with Gasteiger partial charge >= 0.3 is 0 Å². The van der Waals surface area contributed by atoms with Crippen molar-refractivity contribution >= 4 is 17.9 Å². The number of rotatable bonds is 3. The lowest BCUT2D eigenvalue weighted by molar-refractivity contribution is 0.112. The Morgan fingerprint density at radius 2 is 2.10 bits per heavy atom. The van der Waals surface area contributed by atoms with E-state index in [9.17, 15) is 4.79 Å². The van der Waals surface area contributed by atoms with E-state index in [1.807, 2.05) is 38.4 Å². The summed E-state index contributed by atoms with van der Waals surface area (Å²) in [5.74, 6) is 0. The summed E-state index contributed by atoms with van der Waals surface area (Å²) in [5, 5.41) is 9.25. The second kappa shape index (κ2) is 5.18. The van der Waals surface area contributed by atoms with Gasteiger partial charge in [0, 0.05) is 30.0 Å². The fraction of sp³-hybridized carbons (Fsp3) is 0.133. The number of aromatic nitrogens is 4. The van der Waals surface area contributed by atoms with Crippen LogP contribution in [0.2, 0.25) is 5.02 Å². The SMILES string of the molecule is Cc1ccc(-n2cc(C=O)c(-c3cnn(C)c3)n2)cc1Cl. The average Bonchev–Trinajstić information content (AvgIpc) is 3.07. The number of hydrogen-bond acceptors (Lipinski definition) is 3. The van der Waals surface area contributed by atoms with Gasteiger partial charge in [0.15, 0.2) is 6.29 Å². The molecule has 0 fully saturated rings. The largest absolute Gasteiger partial charge is 0.298 e. The van der Waals surface area contributed by atoms with E-state index in [-0.39, 0.29) is 0 Å². The summed E-state index contributed by atoms with van der Waals surface area (Å²) in [6, 6.07) is 5.66. The van der Waals surface area contributed by atoms with Gasteiger partial charge in [0.1, 0.15) is 5.69 Å². The standard InChI is InChI=1S/C15H13ClN4O/c1-10-3-4-13(5-14(10)16)20-8-12(9-21)15(18-20)11-6-17-19(2)7-11/h3-9H,1-2H3. The first-order chi connectivity index (χ1) is 10.1. The maximum Gasteiger partial charge on any atom is 0.153 e. The molecule has 5 nitrogen and oxygen atoms in total. The Morgan fingerprint density at radius 3 is 2.71 bits per heavy atom. The zero-order valence-electron chi connectivity index (χ0n) is 11.6. The molecule has 6 heteroatoms. The summed E-state index contributed by atoms with van der Waals surface area (Å²) < 4.78 is 3.32.